The average molecular weight is 286 g/mol. The number of rotatable bonds is 1. The van der Waals surface area contributed by atoms with Gasteiger partial charge >= 0.3 is 0 Å². The van der Waals surface area contributed by atoms with Gasteiger partial charge in [-0.15, -0.1) is 0 Å². The van der Waals surface area contributed by atoms with Crippen LogP contribution in [0.5, 0.6) is 0 Å². The van der Waals surface area contributed by atoms with Crippen LogP contribution in [0.2, 0.25) is 0 Å². The van der Waals surface area contributed by atoms with Gasteiger partial charge in [0.2, 0.25) is 0 Å². The van der Waals surface area contributed by atoms with Crippen LogP contribution >= 0.6 is 0 Å². The fourth-order valence-electron chi connectivity index (χ4n) is 6.96. The second kappa shape index (κ2) is 4.96. The molecule has 1 nitrogen and oxygen atoms in total. The summed E-state index contributed by atoms with van der Waals surface area (Å²) in [6.07, 6.45) is 13.8. The summed E-state index contributed by atoms with van der Waals surface area (Å²) in [5.74, 6) is 5.01. The van der Waals surface area contributed by atoms with Gasteiger partial charge in [0.25, 0.3) is 0 Å². The fraction of sp³-hybridized carbons (Fsp3) is 0.850. The Balaban J connectivity index is 1.61. The largest absolute Gasteiger partial charge is 0.295 e. The molecular formula is C20H30O. The number of hydrogen-bond donors (Lipinski definition) is 0. The van der Waals surface area contributed by atoms with Crippen LogP contribution in [-0.2, 0) is 4.79 Å². The summed E-state index contributed by atoms with van der Waals surface area (Å²) in [6.45, 7) is 5.02. The quantitative estimate of drug-likeness (QED) is 0.651. The molecule has 4 rings (SSSR count). The van der Waals surface area contributed by atoms with E-state index in [-0.39, 0.29) is 0 Å². The molecule has 0 saturated heterocycles. The van der Waals surface area contributed by atoms with E-state index in [0.717, 1.165) is 42.4 Å². The van der Waals surface area contributed by atoms with Gasteiger partial charge in [0.05, 0.1) is 0 Å². The van der Waals surface area contributed by atoms with Crippen LogP contribution in [0.3, 0.4) is 0 Å². The van der Waals surface area contributed by atoms with E-state index < -0.39 is 0 Å². The van der Waals surface area contributed by atoms with E-state index >= 15 is 0 Å². The highest BCUT2D eigenvalue weighted by atomic mass is 16.1. The molecule has 116 valence electrons. The van der Waals surface area contributed by atoms with E-state index in [1.807, 2.05) is 6.08 Å². The first kappa shape index (κ1) is 14.0. The monoisotopic (exact) mass is 286 g/mol. The Morgan fingerprint density at radius 2 is 1.95 bits per heavy atom. The number of carbonyl (C=O) groups is 1. The third-order valence-corrected chi connectivity index (χ3v) is 7.99. The van der Waals surface area contributed by atoms with Gasteiger partial charge in [0.1, 0.15) is 0 Å². The minimum Gasteiger partial charge on any atom is -0.295 e. The van der Waals surface area contributed by atoms with Gasteiger partial charge in [0, 0.05) is 6.42 Å². The topological polar surface area (TPSA) is 17.1 Å². The van der Waals surface area contributed by atoms with Gasteiger partial charge in [0.15, 0.2) is 5.78 Å². The Hall–Kier alpha value is -0.590. The van der Waals surface area contributed by atoms with Crippen molar-refractivity contribution in [1.82, 2.24) is 0 Å². The van der Waals surface area contributed by atoms with E-state index in [1.54, 1.807) is 0 Å². The van der Waals surface area contributed by atoms with Crippen LogP contribution in [0, 0.1) is 35.0 Å². The second-order valence-corrected chi connectivity index (χ2v) is 8.53. The number of ketones is 1. The van der Waals surface area contributed by atoms with Gasteiger partial charge in [-0.3, -0.25) is 4.79 Å². The van der Waals surface area contributed by atoms with Crippen molar-refractivity contribution in [3.63, 3.8) is 0 Å². The predicted molar refractivity (Wildman–Crippen MR) is 85.9 cm³/mol. The fourth-order valence-corrected chi connectivity index (χ4v) is 6.96. The maximum absolute atomic E-state index is 11.7. The molecule has 0 amide bonds. The molecule has 0 aromatic rings. The van der Waals surface area contributed by atoms with Gasteiger partial charge < -0.3 is 0 Å². The highest BCUT2D eigenvalue weighted by molar-refractivity contribution is 5.91. The van der Waals surface area contributed by atoms with Gasteiger partial charge in [-0.1, -0.05) is 25.8 Å². The summed E-state index contributed by atoms with van der Waals surface area (Å²) in [5.41, 5.74) is 2.17. The van der Waals surface area contributed by atoms with Gasteiger partial charge in [-0.25, -0.2) is 0 Å². The molecule has 4 aliphatic rings. The van der Waals surface area contributed by atoms with Crippen molar-refractivity contribution in [2.24, 2.45) is 35.0 Å². The molecule has 3 fully saturated rings. The lowest BCUT2D eigenvalue weighted by atomic mass is 9.51. The molecule has 0 aromatic carbocycles. The van der Waals surface area contributed by atoms with Crippen LogP contribution in [-0.4, -0.2) is 5.78 Å². The van der Waals surface area contributed by atoms with Crippen LogP contribution in [0.4, 0.5) is 0 Å². The van der Waals surface area contributed by atoms with E-state index in [1.165, 1.54) is 50.5 Å². The molecule has 1 heteroatoms. The second-order valence-electron chi connectivity index (χ2n) is 8.53. The van der Waals surface area contributed by atoms with Crippen molar-refractivity contribution < 1.29 is 4.79 Å². The summed E-state index contributed by atoms with van der Waals surface area (Å²) >= 11 is 0. The first-order valence-corrected chi connectivity index (χ1v) is 9.36. The Kier molecular flexibility index (Phi) is 3.32. The normalized spacial score (nSPS) is 49.1. The minimum atomic E-state index is 0.396. The lowest BCUT2D eigenvalue weighted by Crippen LogP contribution is -2.46. The molecule has 0 spiro atoms. The predicted octanol–water partition coefficient (Wildman–Crippen LogP) is 5.15. The third-order valence-electron chi connectivity index (χ3n) is 7.99. The van der Waals surface area contributed by atoms with E-state index in [4.69, 9.17) is 0 Å². The average Bonchev–Trinajstić information content (AvgIpc) is 2.83. The summed E-state index contributed by atoms with van der Waals surface area (Å²) in [4.78, 5) is 11.7. The summed E-state index contributed by atoms with van der Waals surface area (Å²) in [7, 11) is 0. The number of carbonyl (C=O) groups excluding carboxylic acids is 1. The lowest BCUT2D eigenvalue weighted by Gasteiger charge is -2.54. The summed E-state index contributed by atoms with van der Waals surface area (Å²) in [6, 6.07) is 0. The van der Waals surface area contributed by atoms with Crippen molar-refractivity contribution in [1.29, 1.82) is 0 Å². The van der Waals surface area contributed by atoms with Gasteiger partial charge in [-0.2, -0.15) is 0 Å². The van der Waals surface area contributed by atoms with E-state index in [2.05, 4.69) is 13.8 Å². The standard InChI is InChI=1S/C20H30O/c1-3-14-5-9-19-18-7-4-13-12-15(21)6-8-16(13)17(18)10-11-20(14,19)2/h12,14,16-19H,3-11H2,1-2H3/t14?,16?,17?,18?,19?,20-/m0/s1. The highest BCUT2D eigenvalue weighted by Gasteiger charge is 2.55. The molecule has 0 aliphatic heterocycles. The van der Waals surface area contributed by atoms with Crippen molar-refractivity contribution in [3.05, 3.63) is 11.6 Å². The van der Waals surface area contributed by atoms with Crippen molar-refractivity contribution in [3.8, 4) is 0 Å². The molecular weight excluding hydrogens is 256 g/mol. The maximum Gasteiger partial charge on any atom is 0.155 e. The zero-order valence-electron chi connectivity index (χ0n) is 13.7. The first-order chi connectivity index (χ1) is 10.1. The van der Waals surface area contributed by atoms with Crippen LogP contribution < -0.4 is 0 Å². The third kappa shape index (κ3) is 1.99. The van der Waals surface area contributed by atoms with Crippen molar-refractivity contribution in [2.45, 2.75) is 71.6 Å². The molecule has 0 N–H and O–H groups in total. The highest BCUT2D eigenvalue weighted by Crippen LogP contribution is 2.64. The molecule has 3 saturated carbocycles. The Bertz CT molecular complexity index is 476. The molecule has 5 unspecified atom stereocenters. The Labute approximate surface area is 129 Å². The van der Waals surface area contributed by atoms with Gasteiger partial charge in [-0.05, 0) is 86.0 Å². The molecule has 21 heavy (non-hydrogen) atoms. The molecule has 4 aliphatic carbocycles. The summed E-state index contributed by atoms with van der Waals surface area (Å²) < 4.78 is 0. The van der Waals surface area contributed by atoms with Crippen LogP contribution in [0.25, 0.3) is 0 Å². The lowest BCUT2D eigenvalue weighted by molar-refractivity contribution is -0.116. The molecule has 0 aromatic heterocycles. The van der Waals surface area contributed by atoms with E-state index in [9.17, 15) is 4.79 Å². The van der Waals surface area contributed by atoms with E-state index in [0.29, 0.717) is 11.2 Å². The van der Waals surface area contributed by atoms with Crippen LogP contribution in [0.1, 0.15) is 71.6 Å². The molecule has 0 heterocycles. The molecule has 6 atom stereocenters. The number of allylic oxidation sites excluding steroid dienone is 1. The van der Waals surface area contributed by atoms with Crippen LogP contribution in [0.15, 0.2) is 11.6 Å². The zero-order chi connectivity index (χ0) is 14.6. The van der Waals surface area contributed by atoms with Crippen molar-refractivity contribution in [2.75, 3.05) is 0 Å². The number of hydrogen-bond acceptors (Lipinski definition) is 1. The minimum absolute atomic E-state index is 0.396. The molecule has 0 bridgehead atoms. The first-order valence-electron chi connectivity index (χ1n) is 9.36. The van der Waals surface area contributed by atoms with Crippen molar-refractivity contribution >= 4 is 5.78 Å². The number of fused-ring (bicyclic) bond motifs is 5. The zero-order valence-corrected chi connectivity index (χ0v) is 13.7. The Morgan fingerprint density at radius 1 is 1.10 bits per heavy atom. The maximum atomic E-state index is 11.7. The Morgan fingerprint density at radius 3 is 2.76 bits per heavy atom. The molecule has 0 radical (unpaired) electrons. The smallest absolute Gasteiger partial charge is 0.155 e. The summed E-state index contributed by atoms with van der Waals surface area (Å²) in [5, 5.41) is 0. The SMILES string of the molecule is CCC1CCC2C3CCC4=CC(=O)CCC4C3CC[C@@]12C.